The standard InChI is InChI=1S/C15H23NO/c1-10-5-12(3)14(6-11(10)2)15(7-13(4)16)8-17-9-15/h5-6,13H,7-9,16H2,1-4H3. The van der Waals surface area contributed by atoms with Crippen molar-refractivity contribution in [3.05, 3.63) is 34.4 Å². The molecule has 1 saturated heterocycles. The minimum absolute atomic E-state index is 0.163. The molecule has 1 atom stereocenters. The Morgan fingerprint density at radius 3 is 2.24 bits per heavy atom. The Morgan fingerprint density at radius 2 is 1.76 bits per heavy atom. The molecular formula is C15H23NO. The maximum absolute atomic E-state index is 5.99. The van der Waals surface area contributed by atoms with Gasteiger partial charge < -0.3 is 10.5 Å². The van der Waals surface area contributed by atoms with Gasteiger partial charge in [-0.05, 0) is 56.4 Å². The van der Waals surface area contributed by atoms with Crippen molar-refractivity contribution >= 4 is 0 Å². The molecule has 1 aliphatic heterocycles. The number of aryl methyl sites for hydroxylation is 3. The molecule has 2 N–H and O–H groups in total. The van der Waals surface area contributed by atoms with Gasteiger partial charge in [-0.3, -0.25) is 0 Å². The molecular weight excluding hydrogens is 210 g/mol. The summed E-state index contributed by atoms with van der Waals surface area (Å²) in [7, 11) is 0. The first kappa shape index (κ1) is 12.6. The molecule has 17 heavy (non-hydrogen) atoms. The lowest BCUT2D eigenvalue weighted by Crippen LogP contribution is -2.50. The van der Waals surface area contributed by atoms with Crippen LogP contribution < -0.4 is 5.73 Å². The third-order valence-electron chi connectivity index (χ3n) is 3.88. The third kappa shape index (κ3) is 2.24. The number of benzene rings is 1. The Hall–Kier alpha value is -0.860. The highest BCUT2D eigenvalue weighted by molar-refractivity contribution is 5.42. The summed E-state index contributed by atoms with van der Waals surface area (Å²) in [6.45, 7) is 10.3. The van der Waals surface area contributed by atoms with E-state index in [2.05, 4.69) is 39.8 Å². The van der Waals surface area contributed by atoms with E-state index in [9.17, 15) is 0 Å². The molecule has 0 aromatic heterocycles. The highest BCUT2D eigenvalue weighted by atomic mass is 16.5. The van der Waals surface area contributed by atoms with Crippen LogP contribution in [0.1, 0.15) is 35.6 Å². The van der Waals surface area contributed by atoms with Gasteiger partial charge in [0.25, 0.3) is 0 Å². The number of hydrogen-bond acceptors (Lipinski definition) is 2. The van der Waals surface area contributed by atoms with Crippen LogP contribution in [-0.2, 0) is 10.2 Å². The minimum Gasteiger partial charge on any atom is -0.379 e. The van der Waals surface area contributed by atoms with E-state index in [4.69, 9.17) is 10.5 Å². The van der Waals surface area contributed by atoms with Crippen LogP contribution in [0, 0.1) is 20.8 Å². The SMILES string of the molecule is Cc1cc(C)c(C2(CC(C)N)COC2)cc1C. The Kier molecular flexibility index (Phi) is 3.28. The van der Waals surface area contributed by atoms with Gasteiger partial charge in [0, 0.05) is 11.5 Å². The zero-order valence-electron chi connectivity index (χ0n) is 11.3. The molecule has 2 heteroatoms. The lowest BCUT2D eigenvalue weighted by Gasteiger charge is -2.44. The largest absolute Gasteiger partial charge is 0.379 e. The van der Waals surface area contributed by atoms with Crippen LogP contribution in [0.4, 0.5) is 0 Å². The lowest BCUT2D eigenvalue weighted by atomic mass is 9.72. The Balaban J connectivity index is 2.40. The van der Waals surface area contributed by atoms with Gasteiger partial charge >= 0.3 is 0 Å². The Bertz CT molecular complexity index is 419. The van der Waals surface area contributed by atoms with E-state index in [1.807, 2.05) is 0 Å². The fraction of sp³-hybridized carbons (Fsp3) is 0.600. The third-order valence-corrected chi connectivity index (χ3v) is 3.88. The van der Waals surface area contributed by atoms with E-state index in [0.717, 1.165) is 19.6 Å². The molecule has 1 fully saturated rings. The zero-order valence-corrected chi connectivity index (χ0v) is 11.3. The van der Waals surface area contributed by atoms with Crippen molar-refractivity contribution in [3.63, 3.8) is 0 Å². The Labute approximate surface area is 104 Å². The van der Waals surface area contributed by atoms with E-state index < -0.39 is 0 Å². The normalized spacial score (nSPS) is 19.8. The van der Waals surface area contributed by atoms with Crippen molar-refractivity contribution in [3.8, 4) is 0 Å². The van der Waals surface area contributed by atoms with Crippen LogP contribution in [0.2, 0.25) is 0 Å². The summed E-state index contributed by atoms with van der Waals surface area (Å²) >= 11 is 0. The van der Waals surface area contributed by atoms with E-state index in [0.29, 0.717) is 0 Å². The maximum Gasteiger partial charge on any atom is 0.0586 e. The first-order chi connectivity index (χ1) is 7.94. The van der Waals surface area contributed by atoms with Crippen molar-refractivity contribution in [2.75, 3.05) is 13.2 Å². The van der Waals surface area contributed by atoms with Crippen LogP contribution in [0.25, 0.3) is 0 Å². The minimum atomic E-state index is 0.163. The molecule has 1 aliphatic rings. The number of rotatable bonds is 3. The zero-order chi connectivity index (χ0) is 12.6. The van der Waals surface area contributed by atoms with Crippen LogP contribution in [0.5, 0.6) is 0 Å². The van der Waals surface area contributed by atoms with E-state index >= 15 is 0 Å². The fourth-order valence-electron chi connectivity index (χ4n) is 2.88. The van der Waals surface area contributed by atoms with Crippen molar-refractivity contribution in [2.24, 2.45) is 5.73 Å². The highest BCUT2D eigenvalue weighted by Gasteiger charge is 2.41. The van der Waals surface area contributed by atoms with Gasteiger partial charge in [-0.2, -0.15) is 0 Å². The summed E-state index contributed by atoms with van der Waals surface area (Å²) in [6, 6.07) is 4.83. The topological polar surface area (TPSA) is 35.2 Å². The predicted octanol–water partition coefficient (Wildman–Crippen LogP) is 2.62. The summed E-state index contributed by atoms with van der Waals surface area (Å²) in [4.78, 5) is 0. The molecule has 2 rings (SSSR count). The monoisotopic (exact) mass is 233 g/mol. The first-order valence-corrected chi connectivity index (χ1v) is 6.36. The predicted molar refractivity (Wildman–Crippen MR) is 71.4 cm³/mol. The van der Waals surface area contributed by atoms with Crippen LogP contribution in [0.3, 0.4) is 0 Å². The summed E-state index contributed by atoms with van der Waals surface area (Å²) < 4.78 is 5.46. The molecule has 0 spiro atoms. The average molecular weight is 233 g/mol. The van der Waals surface area contributed by atoms with Gasteiger partial charge in [0.05, 0.1) is 13.2 Å². The summed E-state index contributed by atoms with van der Waals surface area (Å²) in [6.07, 6.45) is 1.01. The molecule has 1 unspecified atom stereocenters. The number of nitrogens with two attached hydrogens (primary N) is 1. The van der Waals surface area contributed by atoms with Crippen molar-refractivity contribution in [1.29, 1.82) is 0 Å². The molecule has 0 aliphatic carbocycles. The van der Waals surface area contributed by atoms with Crippen LogP contribution in [0.15, 0.2) is 12.1 Å². The Morgan fingerprint density at radius 1 is 1.18 bits per heavy atom. The summed E-state index contributed by atoms with van der Waals surface area (Å²) in [5.74, 6) is 0. The van der Waals surface area contributed by atoms with Gasteiger partial charge in [-0.15, -0.1) is 0 Å². The molecule has 94 valence electrons. The second-order valence-corrected chi connectivity index (χ2v) is 5.71. The van der Waals surface area contributed by atoms with E-state index in [-0.39, 0.29) is 11.5 Å². The molecule has 1 heterocycles. The van der Waals surface area contributed by atoms with Gasteiger partial charge in [-0.1, -0.05) is 12.1 Å². The number of hydrogen-bond donors (Lipinski definition) is 1. The maximum atomic E-state index is 5.99. The van der Waals surface area contributed by atoms with Gasteiger partial charge in [0.1, 0.15) is 0 Å². The smallest absolute Gasteiger partial charge is 0.0586 e. The second kappa shape index (κ2) is 4.43. The fourth-order valence-corrected chi connectivity index (χ4v) is 2.88. The molecule has 0 saturated carbocycles. The summed E-state index contributed by atoms with van der Waals surface area (Å²) in [5.41, 5.74) is 11.7. The molecule has 0 bridgehead atoms. The lowest BCUT2D eigenvalue weighted by molar-refractivity contribution is -0.0668. The molecule has 1 aromatic carbocycles. The van der Waals surface area contributed by atoms with Gasteiger partial charge in [0.15, 0.2) is 0 Å². The molecule has 0 radical (unpaired) electrons. The van der Waals surface area contributed by atoms with Crippen molar-refractivity contribution in [1.82, 2.24) is 0 Å². The van der Waals surface area contributed by atoms with Crippen LogP contribution in [-0.4, -0.2) is 19.3 Å². The van der Waals surface area contributed by atoms with E-state index in [1.54, 1.807) is 0 Å². The van der Waals surface area contributed by atoms with Gasteiger partial charge in [0.2, 0.25) is 0 Å². The average Bonchev–Trinajstić information content (AvgIpc) is 2.17. The van der Waals surface area contributed by atoms with Crippen molar-refractivity contribution in [2.45, 2.75) is 45.6 Å². The number of ether oxygens (including phenoxy) is 1. The van der Waals surface area contributed by atoms with Gasteiger partial charge in [-0.25, -0.2) is 0 Å². The molecule has 2 nitrogen and oxygen atoms in total. The quantitative estimate of drug-likeness (QED) is 0.871. The molecule has 1 aromatic rings. The van der Waals surface area contributed by atoms with Crippen LogP contribution >= 0.6 is 0 Å². The summed E-state index contributed by atoms with van der Waals surface area (Å²) in [5, 5.41) is 0. The highest BCUT2D eigenvalue weighted by Crippen LogP contribution is 2.39. The molecule has 0 amide bonds. The second-order valence-electron chi connectivity index (χ2n) is 5.71. The first-order valence-electron chi connectivity index (χ1n) is 6.36. The van der Waals surface area contributed by atoms with Crippen molar-refractivity contribution < 1.29 is 4.74 Å². The van der Waals surface area contributed by atoms with E-state index in [1.165, 1.54) is 22.3 Å².